The molecule has 3 nitrogen and oxygen atoms in total. The average Bonchev–Trinajstić information content (AvgIpc) is 2.88. The van der Waals surface area contributed by atoms with Gasteiger partial charge in [-0.05, 0) is 37.8 Å². The lowest BCUT2D eigenvalue weighted by Gasteiger charge is -2.24. The molecule has 106 valence electrons. The van der Waals surface area contributed by atoms with Gasteiger partial charge in [-0.25, -0.2) is 4.98 Å². The second kappa shape index (κ2) is 6.38. The van der Waals surface area contributed by atoms with Crippen LogP contribution in [0, 0.1) is 11.8 Å². The molecular formula is C16H27N3. The zero-order valence-corrected chi connectivity index (χ0v) is 12.7. The summed E-state index contributed by atoms with van der Waals surface area (Å²) in [6.07, 6.45) is 3.21. The Kier molecular flexibility index (Phi) is 4.81. The summed E-state index contributed by atoms with van der Waals surface area (Å²) in [7, 11) is 0. The number of nitrogens with one attached hydrogen (secondary N) is 1. The van der Waals surface area contributed by atoms with Crippen molar-refractivity contribution in [3.8, 4) is 0 Å². The van der Waals surface area contributed by atoms with Crippen molar-refractivity contribution in [2.24, 2.45) is 11.8 Å². The van der Waals surface area contributed by atoms with Crippen LogP contribution in [-0.2, 0) is 0 Å². The van der Waals surface area contributed by atoms with E-state index in [1.54, 1.807) is 0 Å². The Morgan fingerprint density at radius 1 is 1.42 bits per heavy atom. The molecule has 2 rings (SSSR count). The number of aromatic nitrogens is 1. The van der Waals surface area contributed by atoms with E-state index < -0.39 is 0 Å². The van der Waals surface area contributed by atoms with E-state index in [4.69, 9.17) is 0 Å². The molecule has 1 aromatic rings. The van der Waals surface area contributed by atoms with E-state index in [1.807, 2.05) is 12.3 Å². The first kappa shape index (κ1) is 14.3. The molecule has 3 heteroatoms. The minimum absolute atomic E-state index is 0.367. The first-order valence-corrected chi connectivity index (χ1v) is 7.56. The fourth-order valence-electron chi connectivity index (χ4n) is 2.95. The van der Waals surface area contributed by atoms with Crippen LogP contribution >= 0.6 is 0 Å². The van der Waals surface area contributed by atoms with Crippen molar-refractivity contribution < 1.29 is 0 Å². The van der Waals surface area contributed by atoms with Crippen LogP contribution in [0.4, 0.5) is 5.82 Å². The molecule has 1 N–H and O–H groups in total. The van der Waals surface area contributed by atoms with E-state index in [9.17, 15) is 0 Å². The molecule has 0 bridgehead atoms. The lowest BCUT2D eigenvalue weighted by atomic mass is 9.95. The minimum Gasteiger partial charge on any atom is -0.356 e. The zero-order valence-electron chi connectivity index (χ0n) is 12.7. The van der Waals surface area contributed by atoms with Crippen molar-refractivity contribution in [1.82, 2.24) is 10.3 Å². The Hall–Kier alpha value is -1.09. The molecule has 2 unspecified atom stereocenters. The van der Waals surface area contributed by atoms with Gasteiger partial charge in [-0.3, -0.25) is 0 Å². The monoisotopic (exact) mass is 261 g/mol. The topological polar surface area (TPSA) is 28.2 Å². The Balaban J connectivity index is 2.16. The van der Waals surface area contributed by atoms with Crippen molar-refractivity contribution in [2.75, 3.05) is 24.5 Å². The van der Waals surface area contributed by atoms with Gasteiger partial charge in [0.1, 0.15) is 5.82 Å². The van der Waals surface area contributed by atoms with E-state index in [2.05, 4.69) is 49.0 Å². The van der Waals surface area contributed by atoms with Crippen LogP contribution in [0.5, 0.6) is 0 Å². The highest BCUT2D eigenvalue weighted by Gasteiger charge is 2.27. The molecule has 1 fully saturated rings. The SMILES string of the molecule is CCNC(C)c1cccnc1N1CCC(C(C)C)C1. The summed E-state index contributed by atoms with van der Waals surface area (Å²) >= 11 is 0. The van der Waals surface area contributed by atoms with Gasteiger partial charge >= 0.3 is 0 Å². The third kappa shape index (κ3) is 3.27. The molecule has 1 aliphatic rings. The highest BCUT2D eigenvalue weighted by Crippen LogP contribution is 2.31. The Morgan fingerprint density at radius 2 is 2.21 bits per heavy atom. The lowest BCUT2D eigenvalue weighted by molar-refractivity contribution is 0.422. The van der Waals surface area contributed by atoms with E-state index >= 15 is 0 Å². The van der Waals surface area contributed by atoms with Crippen LogP contribution in [0.2, 0.25) is 0 Å². The van der Waals surface area contributed by atoms with Crippen LogP contribution in [0.25, 0.3) is 0 Å². The second-order valence-corrected chi connectivity index (χ2v) is 5.93. The number of anilines is 1. The van der Waals surface area contributed by atoms with Gasteiger partial charge in [0.05, 0.1) is 0 Å². The number of pyridine rings is 1. The number of nitrogens with zero attached hydrogens (tertiary/aromatic N) is 2. The largest absolute Gasteiger partial charge is 0.356 e. The molecule has 0 radical (unpaired) electrons. The van der Waals surface area contributed by atoms with Crippen molar-refractivity contribution in [3.63, 3.8) is 0 Å². The van der Waals surface area contributed by atoms with Crippen molar-refractivity contribution in [2.45, 2.75) is 40.2 Å². The predicted octanol–water partition coefficient (Wildman–Crippen LogP) is 3.23. The average molecular weight is 261 g/mol. The summed E-state index contributed by atoms with van der Waals surface area (Å²) in [5.41, 5.74) is 1.33. The molecule has 2 atom stereocenters. The van der Waals surface area contributed by atoms with E-state index in [-0.39, 0.29) is 0 Å². The molecule has 1 aliphatic heterocycles. The van der Waals surface area contributed by atoms with Crippen LogP contribution in [0.15, 0.2) is 18.3 Å². The van der Waals surface area contributed by atoms with Crippen molar-refractivity contribution in [3.05, 3.63) is 23.9 Å². The summed E-state index contributed by atoms with van der Waals surface area (Å²) in [6.45, 7) is 12.3. The molecular weight excluding hydrogens is 234 g/mol. The maximum Gasteiger partial charge on any atom is 0.133 e. The molecule has 0 amide bonds. The van der Waals surface area contributed by atoms with Crippen molar-refractivity contribution in [1.29, 1.82) is 0 Å². The summed E-state index contributed by atoms with van der Waals surface area (Å²) in [5, 5.41) is 3.49. The molecule has 1 saturated heterocycles. The first-order chi connectivity index (χ1) is 9.13. The highest BCUT2D eigenvalue weighted by atomic mass is 15.2. The Morgan fingerprint density at radius 3 is 2.84 bits per heavy atom. The molecule has 0 aliphatic carbocycles. The molecule has 0 aromatic carbocycles. The number of hydrogen-bond acceptors (Lipinski definition) is 3. The second-order valence-electron chi connectivity index (χ2n) is 5.93. The molecule has 1 aromatic heterocycles. The van der Waals surface area contributed by atoms with Gasteiger partial charge in [-0.15, -0.1) is 0 Å². The smallest absolute Gasteiger partial charge is 0.133 e. The number of hydrogen-bond donors (Lipinski definition) is 1. The van der Waals surface area contributed by atoms with Crippen LogP contribution in [0.3, 0.4) is 0 Å². The van der Waals surface area contributed by atoms with Gasteiger partial charge < -0.3 is 10.2 Å². The lowest BCUT2D eigenvalue weighted by Crippen LogP contribution is -2.26. The van der Waals surface area contributed by atoms with E-state index in [1.165, 1.54) is 17.8 Å². The molecule has 0 saturated carbocycles. The number of rotatable bonds is 5. The van der Waals surface area contributed by atoms with Gasteiger partial charge in [0.2, 0.25) is 0 Å². The van der Waals surface area contributed by atoms with Gasteiger partial charge in [-0.2, -0.15) is 0 Å². The van der Waals surface area contributed by atoms with E-state index in [0.29, 0.717) is 6.04 Å². The summed E-state index contributed by atoms with van der Waals surface area (Å²) < 4.78 is 0. The fourth-order valence-corrected chi connectivity index (χ4v) is 2.95. The third-order valence-electron chi connectivity index (χ3n) is 4.26. The molecule has 2 heterocycles. The van der Waals surface area contributed by atoms with Gasteiger partial charge in [0, 0.05) is 30.9 Å². The van der Waals surface area contributed by atoms with Crippen LogP contribution in [0.1, 0.15) is 45.7 Å². The third-order valence-corrected chi connectivity index (χ3v) is 4.26. The van der Waals surface area contributed by atoms with Gasteiger partial charge in [0.25, 0.3) is 0 Å². The Bertz CT molecular complexity index is 403. The van der Waals surface area contributed by atoms with Crippen molar-refractivity contribution >= 4 is 5.82 Å². The summed E-state index contributed by atoms with van der Waals surface area (Å²) in [6, 6.07) is 4.62. The van der Waals surface area contributed by atoms with E-state index in [0.717, 1.165) is 31.5 Å². The maximum absolute atomic E-state index is 4.64. The molecule has 19 heavy (non-hydrogen) atoms. The normalized spacial score (nSPS) is 21.1. The van der Waals surface area contributed by atoms with Crippen LogP contribution < -0.4 is 10.2 Å². The summed E-state index contributed by atoms with van der Waals surface area (Å²) in [4.78, 5) is 7.11. The minimum atomic E-state index is 0.367. The molecule has 0 spiro atoms. The fraction of sp³-hybridized carbons (Fsp3) is 0.688. The summed E-state index contributed by atoms with van der Waals surface area (Å²) in [5.74, 6) is 2.76. The highest BCUT2D eigenvalue weighted by molar-refractivity contribution is 5.49. The predicted molar refractivity (Wildman–Crippen MR) is 81.5 cm³/mol. The van der Waals surface area contributed by atoms with Crippen LogP contribution in [-0.4, -0.2) is 24.6 Å². The maximum atomic E-state index is 4.64. The van der Waals surface area contributed by atoms with Gasteiger partial charge in [-0.1, -0.05) is 26.8 Å². The first-order valence-electron chi connectivity index (χ1n) is 7.56. The zero-order chi connectivity index (χ0) is 13.8. The van der Waals surface area contributed by atoms with Gasteiger partial charge in [0.15, 0.2) is 0 Å². The Labute approximate surface area is 117 Å². The quantitative estimate of drug-likeness (QED) is 0.882. The standard InChI is InChI=1S/C16H27N3/c1-5-17-13(4)15-7-6-9-18-16(15)19-10-8-14(11-19)12(2)3/h6-7,9,12-14,17H,5,8,10-11H2,1-4H3.